The third-order valence-corrected chi connectivity index (χ3v) is 7.84. The van der Waals surface area contributed by atoms with Crippen molar-refractivity contribution >= 4 is 5.91 Å². The highest BCUT2D eigenvalue weighted by atomic mass is 16.5. The lowest BCUT2D eigenvalue weighted by Gasteiger charge is -2.36. The molecule has 3 aromatic rings. The van der Waals surface area contributed by atoms with Crippen LogP contribution in [0.2, 0.25) is 0 Å². The first kappa shape index (κ1) is 26.5. The van der Waals surface area contributed by atoms with Crippen LogP contribution in [0.25, 0.3) is 11.1 Å². The van der Waals surface area contributed by atoms with Crippen molar-refractivity contribution < 1.29 is 14.3 Å². The molecule has 0 aromatic heterocycles. The Kier molecular flexibility index (Phi) is 9.11. The number of nitrogens with one attached hydrogen (secondary N) is 1. The van der Waals surface area contributed by atoms with E-state index in [9.17, 15) is 4.79 Å². The Morgan fingerprint density at radius 2 is 1.71 bits per heavy atom. The van der Waals surface area contributed by atoms with Gasteiger partial charge in [0.05, 0.1) is 12.5 Å². The van der Waals surface area contributed by atoms with E-state index in [0.717, 1.165) is 63.1 Å². The summed E-state index contributed by atoms with van der Waals surface area (Å²) in [6, 6.07) is 27.9. The molecular weight excluding hydrogens is 472 g/mol. The van der Waals surface area contributed by atoms with Crippen LogP contribution in [-0.2, 0) is 16.0 Å². The van der Waals surface area contributed by atoms with E-state index in [1.54, 1.807) is 7.11 Å². The number of ether oxygens (including phenoxy) is 2. The van der Waals surface area contributed by atoms with Crippen LogP contribution in [-0.4, -0.2) is 56.8 Å². The first-order valence-electron chi connectivity index (χ1n) is 14.1. The number of hydrogen-bond acceptors (Lipinski definition) is 4. The van der Waals surface area contributed by atoms with Crippen LogP contribution >= 0.6 is 0 Å². The van der Waals surface area contributed by atoms with E-state index >= 15 is 0 Å². The SMILES string of the molecule is COCCCOc1ccccc1CCN(C(=O)[C@H]1CNCC[C@@H]1c1cccc(-c2ccccc2)c1)C1CC1. The Morgan fingerprint density at radius 3 is 2.53 bits per heavy atom. The van der Waals surface area contributed by atoms with Gasteiger partial charge in [0, 0.05) is 39.3 Å². The van der Waals surface area contributed by atoms with Crippen molar-refractivity contribution in [3.05, 3.63) is 90.0 Å². The van der Waals surface area contributed by atoms with Gasteiger partial charge in [0.15, 0.2) is 0 Å². The van der Waals surface area contributed by atoms with Gasteiger partial charge in [-0.3, -0.25) is 4.79 Å². The zero-order valence-corrected chi connectivity index (χ0v) is 22.5. The maximum Gasteiger partial charge on any atom is 0.227 e. The van der Waals surface area contributed by atoms with Crippen LogP contribution in [0.3, 0.4) is 0 Å². The molecule has 3 aromatic carbocycles. The maximum atomic E-state index is 14.1. The van der Waals surface area contributed by atoms with Crippen LogP contribution in [0.5, 0.6) is 5.75 Å². The Morgan fingerprint density at radius 1 is 0.921 bits per heavy atom. The lowest BCUT2D eigenvalue weighted by Crippen LogP contribution is -2.47. The smallest absolute Gasteiger partial charge is 0.227 e. The predicted octanol–water partition coefficient (Wildman–Crippen LogP) is 5.70. The summed E-state index contributed by atoms with van der Waals surface area (Å²) in [5.74, 6) is 1.40. The zero-order valence-electron chi connectivity index (χ0n) is 22.5. The van der Waals surface area contributed by atoms with E-state index in [2.05, 4.69) is 70.9 Å². The standard InChI is InChI=1S/C33H40N2O3/c1-37-21-8-22-38-32-14-6-5-11-26(32)18-20-35(29-15-16-29)33(36)31-24-34-19-17-30(31)28-13-7-12-27(23-28)25-9-3-2-4-10-25/h2-7,9-14,23,29-31,34H,8,15-22,24H2,1H3/t30-,31+/m1/s1. The molecule has 0 unspecified atom stereocenters. The largest absolute Gasteiger partial charge is 0.493 e. The molecule has 0 bridgehead atoms. The van der Waals surface area contributed by atoms with Gasteiger partial charge in [0.1, 0.15) is 5.75 Å². The third kappa shape index (κ3) is 6.64. The molecule has 2 atom stereocenters. The number of hydrogen-bond donors (Lipinski definition) is 1. The highest BCUT2D eigenvalue weighted by molar-refractivity contribution is 5.81. The molecule has 2 fully saturated rings. The number of piperidine rings is 1. The van der Waals surface area contributed by atoms with Crippen LogP contribution in [0, 0.1) is 5.92 Å². The van der Waals surface area contributed by atoms with Gasteiger partial charge < -0.3 is 19.7 Å². The van der Waals surface area contributed by atoms with Crippen molar-refractivity contribution in [3.8, 4) is 16.9 Å². The third-order valence-electron chi connectivity index (χ3n) is 7.84. The van der Waals surface area contributed by atoms with Gasteiger partial charge in [-0.2, -0.15) is 0 Å². The molecule has 0 radical (unpaired) electrons. The molecule has 5 heteroatoms. The van der Waals surface area contributed by atoms with Crippen molar-refractivity contribution in [2.45, 2.75) is 44.1 Å². The molecule has 200 valence electrons. The van der Waals surface area contributed by atoms with Crippen LogP contribution in [0.1, 0.15) is 42.7 Å². The highest BCUT2D eigenvalue weighted by Gasteiger charge is 2.40. The zero-order chi connectivity index (χ0) is 26.2. The minimum Gasteiger partial charge on any atom is -0.493 e. The van der Waals surface area contributed by atoms with Crippen molar-refractivity contribution in [1.82, 2.24) is 10.2 Å². The van der Waals surface area contributed by atoms with Crippen molar-refractivity contribution in [2.75, 3.05) is 40.0 Å². The van der Waals surface area contributed by atoms with E-state index in [1.165, 1.54) is 16.7 Å². The van der Waals surface area contributed by atoms with Gasteiger partial charge in [0.2, 0.25) is 5.91 Å². The lowest BCUT2D eigenvalue weighted by atomic mass is 9.79. The molecule has 1 aliphatic heterocycles. The van der Waals surface area contributed by atoms with Crippen molar-refractivity contribution in [3.63, 3.8) is 0 Å². The summed E-state index contributed by atoms with van der Waals surface area (Å²) in [6.45, 7) is 3.74. The normalized spacial score (nSPS) is 19.2. The molecule has 2 aliphatic rings. The first-order chi connectivity index (χ1) is 18.7. The number of rotatable bonds is 12. The summed E-state index contributed by atoms with van der Waals surface area (Å²) in [5.41, 5.74) is 4.87. The Bertz CT molecular complexity index is 1180. The van der Waals surface area contributed by atoms with Gasteiger partial charge >= 0.3 is 0 Å². The van der Waals surface area contributed by atoms with E-state index in [4.69, 9.17) is 9.47 Å². The van der Waals surface area contributed by atoms with Gasteiger partial charge in [-0.1, -0.05) is 72.8 Å². The average molecular weight is 513 g/mol. The number of carbonyl (C=O) groups is 1. The average Bonchev–Trinajstić information content (AvgIpc) is 3.82. The second-order valence-corrected chi connectivity index (χ2v) is 10.5. The molecule has 1 saturated heterocycles. The molecule has 1 N–H and O–H groups in total. The predicted molar refractivity (Wildman–Crippen MR) is 152 cm³/mol. The van der Waals surface area contributed by atoms with Gasteiger partial charge in [-0.05, 0) is 66.5 Å². The monoisotopic (exact) mass is 512 g/mol. The van der Waals surface area contributed by atoms with Gasteiger partial charge in [-0.15, -0.1) is 0 Å². The topological polar surface area (TPSA) is 50.8 Å². The Labute approximate surface area is 227 Å². The van der Waals surface area contributed by atoms with Crippen LogP contribution < -0.4 is 10.1 Å². The summed E-state index contributed by atoms with van der Waals surface area (Å²) in [7, 11) is 1.71. The van der Waals surface area contributed by atoms with Crippen molar-refractivity contribution in [1.29, 1.82) is 0 Å². The molecule has 1 aliphatic carbocycles. The first-order valence-corrected chi connectivity index (χ1v) is 14.1. The summed E-state index contributed by atoms with van der Waals surface area (Å²) < 4.78 is 11.2. The van der Waals surface area contributed by atoms with Crippen LogP contribution in [0.15, 0.2) is 78.9 Å². The fourth-order valence-corrected chi connectivity index (χ4v) is 5.65. The number of para-hydroxylation sites is 1. The molecule has 1 heterocycles. The van der Waals surface area contributed by atoms with E-state index in [-0.39, 0.29) is 11.8 Å². The van der Waals surface area contributed by atoms with E-state index in [0.29, 0.717) is 25.2 Å². The molecule has 5 nitrogen and oxygen atoms in total. The van der Waals surface area contributed by atoms with E-state index in [1.807, 2.05) is 18.2 Å². The maximum absolute atomic E-state index is 14.1. The summed E-state index contributed by atoms with van der Waals surface area (Å²) in [5, 5.41) is 3.51. The van der Waals surface area contributed by atoms with Gasteiger partial charge in [0.25, 0.3) is 0 Å². The number of carbonyl (C=O) groups excluding carboxylic acids is 1. The fourth-order valence-electron chi connectivity index (χ4n) is 5.65. The lowest BCUT2D eigenvalue weighted by molar-refractivity contribution is -0.137. The quantitative estimate of drug-likeness (QED) is 0.317. The number of methoxy groups -OCH3 is 1. The number of nitrogens with zero attached hydrogens (tertiary/aromatic N) is 1. The fraction of sp³-hybridized carbons (Fsp3) is 0.424. The Balaban J connectivity index is 1.30. The molecule has 5 rings (SSSR count). The molecule has 1 amide bonds. The summed E-state index contributed by atoms with van der Waals surface area (Å²) in [6.07, 6.45) is 4.85. The van der Waals surface area contributed by atoms with Crippen LogP contribution in [0.4, 0.5) is 0 Å². The molecule has 0 spiro atoms. The minimum atomic E-state index is -0.0455. The second-order valence-electron chi connectivity index (χ2n) is 10.5. The Hall–Kier alpha value is -3.15. The van der Waals surface area contributed by atoms with Crippen molar-refractivity contribution in [2.24, 2.45) is 5.92 Å². The van der Waals surface area contributed by atoms with E-state index < -0.39 is 0 Å². The molecule has 1 saturated carbocycles. The summed E-state index contributed by atoms with van der Waals surface area (Å²) >= 11 is 0. The highest BCUT2D eigenvalue weighted by Crippen LogP contribution is 2.37. The summed E-state index contributed by atoms with van der Waals surface area (Å²) in [4.78, 5) is 16.3. The molecular formula is C33H40N2O3. The number of benzene rings is 3. The van der Waals surface area contributed by atoms with Gasteiger partial charge in [-0.25, -0.2) is 0 Å². The second kappa shape index (κ2) is 13.1. The molecule has 38 heavy (non-hydrogen) atoms. The number of amides is 1. The minimum absolute atomic E-state index is 0.0455.